The smallest absolute Gasteiger partial charge is 0.309 e. The summed E-state index contributed by atoms with van der Waals surface area (Å²) in [6, 6.07) is 1.46. The normalized spacial score (nSPS) is 16.1. The van der Waals surface area contributed by atoms with Crippen molar-refractivity contribution >= 4 is 50.9 Å². The zero-order valence-electron chi connectivity index (χ0n) is 15.0. The first kappa shape index (κ1) is 21.9. The van der Waals surface area contributed by atoms with Crippen LogP contribution in [0.25, 0.3) is 0 Å². The van der Waals surface area contributed by atoms with E-state index in [0.717, 1.165) is 0 Å². The number of carbonyl (C=O) groups excluding carboxylic acids is 2. The van der Waals surface area contributed by atoms with Crippen molar-refractivity contribution in [3.8, 4) is 0 Å². The number of rotatable bonds is 6. The van der Waals surface area contributed by atoms with E-state index in [9.17, 15) is 18.0 Å². The van der Waals surface area contributed by atoms with E-state index in [-0.39, 0.29) is 29.7 Å². The van der Waals surface area contributed by atoms with E-state index >= 15 is 0 Å². The van der Waals surface area contributed by atoms with Gasteiger partial charge < -0.3 is 10.1 Å². The molecular weight excluding hydrogens is 417 g/mol. The van der Waals surface area contributed by atoms with Gasteiger partial charge in [0.25, 0.3) is 5.91 Å². The van der Waals surface area contributed by atoms with Crippen LogP contribution in [0.15, 0.2) is 6.07 Å². The van der Waals surface area contributed by atoms with Crippen LogP contribution in [0.5, 0.6) is 0 Å². The first-order valence-electron chi connectivity index (χ1n) is 8.41. The second-order valence-corrected chi connectivity index (χ2v) is 9.19. The molecule has 1 aliphatic rings. The van der Waals surface area contributed by atoms with E-state index in [1.165, 1.54) is 10.4 Å². The molecule has 150 valence electrons. The van der Waals surface area contributed by atoms with Crippen molar-refractivity contribution in [1.29, 1.82) is 0 Å². The Balaban J connectivity index is 1.82. The van der Waals surface area contributed by atoms with Gasteiger partial charge in [-0.3, -0.25) is 9.59 Å². The number of hydrogen-bond donors (Lipinski definition) is 1. The first-order valence-corrected chi connectivity index (χ1v) is 10.8. The number of esters is 1. The number of nitrogens with zero attached hydrogens (tertiary/aromatic N) is 2. The largest absolute Gasteiger partial charge is 0.455 e. The molecule has 0 aliphatic carbocycles. The Hall–Kier alpha value is -1.42. The number of ether oxygens (including phenoxy) is 1. The van der Waals surface area contributed by atoms with Gasteiger partial charge in [-0.2, -0.15) is 0 Å². The third kappa shape index (κ3) is 5.78. The van der Waals surface area contributed by atoms with Gasteiger partial charge in [0.05, 0.1) is 27.4 Å². The second-order valence-electron chi connectivity index (χ2n) is 6.12. The lowest BCUT2D eigenvalue weighted by Gasteiger charge is -2.29. The fourth-order valence-electron chi connectivity index (χ4n) is 2.62. The number of aromatic nitrogens is 1. The summed E-state index contributed by atoms with van der Waals surface area (Å²) in [4.78, 5) is 28.2. The maximum atomic E-state index is 12.1. The highest BCUT2D eigenvalue weighted by atomic mass is 35.5. The Labute approximate surface area is 168 Å². The van der Waals surface area contributed by atoms with E-state index in [1.807, 2.05) is 0 Å². The molecule has 1 fully saturated rings. The van der Waals surface area contributed by atoms with Gasteiger partial charge in [-0.05, 0) is 32.8 Å². The summed E-state index contributed by atoms with van der Waals surface area (Å²) < 4.78 is 30.1. The topological polar surface area (TPSA) is 106 Å². The molecule has 1 saturated heterocycles. The highest BCUT2D eigenvalue weighted by molar-refractivity contribution is 7.89. The van der Waals surface area contributed by atoms with Crippen molar-refractivity contribution in [2.24, 2.45) is 5.92 Å². The molecule has 0 bridgehead atoms. The highest BCUT2D eigenvalue weighted by Gasteiger charge is 2.31. The van der Waals surface area contributed by atoms with Gasteiger partial charge in [-0.15, -0.1) is 0 Å². The number of carbonyl (C=O) groups is 2. The number of halogens is 2. The molecule has 1 aliphatic heterocycles. The maximum Gasteiger partial charge on any atom is 0.309 e. The zero-order valence-corrected chi connectivity index (χ0v) is 17.3. The molecule has 2 rings (SSSR count). The number of sulfonamides is 1. The minimum atomic E-state index is -3.25. The Kier molecular flexibility index (Phi) is 7.44. The van der Waals surface area contributed by atoms with E-state index in [4.69, 9.17) is 27.9 Å². The molecule has 0 aromatic carbocycles. The van der Waals surface area contributed by atoms with Gasteiger partial charge in [0.15, 0.2) is 12.4 Å². The van der Waals surface area contributed by atoms with Crippen LogP contribution in [0, 0.1) is 12.8 Å². The summed E-state index contributed by atoms with van der Waals surface area (Å²) >= 11 is 11.9. The molecule has 0 radical (unpaired) electrons. The van der Waals surface area contributed by atoms with Crippen molar-refractivity contribution in [1.82, 2.24) is 9.29 Å². The summed E-state index contributed by atoms with van der Waals surface area (Å²) in [5.41, 5.74) is 0.502. The molecule has 0 atom stereocenters. The third-order valence-electron chi connectivity index (χ3n) is 4.25. The van der Waals surface area contributed by atoms with Crippen molar-refractivity contribution < 1.29 is 22.7 Å². The molecule has 11 heteroatoms. The molecule has 0 spiro atoms. The van der Waals surface area contributed by atoms with E-state index in [1.54, 1.807) is 13.8 Å². The zero-order chi connectivity index (χ0) is 20.2. The summed E-state index contributed by atoms with van der Waals surface area (Å²) in [7, 11) is -3.25. The fourth-order valence-corrected chi connectivity index (χ4v) is 4.16. The number of hydrogen-bond acceptors (Lipinski definition) is 6. The minimum absolute atomic E-state index is 0.0308. The summed E-state index contributed by atoms with van der Waals surface area (Å²) in [5.74, 6) is -1.36. The molecule has 1 amide bonds. The van der Waals surface area contributed by atoms with Gasteiger partial charge in [-0.1, -0.05) is 23.2 Å². The predicted octanol–water partition coefficient (Wildman–Crippen LogP) is 2.24. The SMILES string of the molecule is CCS(=O)(=O)N1CCC(C(=O)OCC(=O)Nc2nc(C)c(Cl)cc2Cl)CC1. The minimum Gasteiger partial charge on any atom is -0.455 e. The van der Waals surface area contributed by atoms with Gasteiger partial charge >= 0.3 is 5.97 Å². The van der Waals surface area contributed by atoms with E-state index in [0.29, 0.717) is 23.6 Å². The standard InChI is InChI=1S/C16H21Cl2N3O5S/c1-3-27(24,25)21-6-4-11(5-7-21)16(23)26-9-14(22)20-15-13(18)8-12(17)10(2)19-15/h8,11H,3-7,9H2,1-2H3,(H,19,20,22). The molecular formula is C16H21Cl2N3O5S. The summed E-state index contributed by atoms with van der Waals surface area (Å²) in [6.07, 6.45) is 0.729. The van der Waals surface area contributed by atoms with Crippen LogP contribution in [0.1, 0.15) is 25.5 Å². The Morgan fingerprint density at radius 3 is 2.52 bits per heavy atom. The molecule has 1 N–H and O–H groups in total. The number of aryl methyl sites for hydroxylation is 1. The molecule has 1 aromatic heterocycles. The van der Waals surface area contributed by atoms with Crippen molar-refractivity contribution in [2.45, 2.75) is 26.7 Å². The number of amides is 1. The van der Waals surface area contributed by atoms with Gasteiger partial charge in [0.2, 0.25) is 10.0 Å². The fraction of sp³-hybridized carbons (Fsp3) is 0.562. The van der Waals surface area contributed by atoms with Gasteiger partial charge in [0.1, 0.15) is 0 Å². The molecule has 27 heavy (non-hydrogen) atoms. The molecule has 0 saturated carbocycles. The number of anilines is 1. The van der Waals surface area contributed by atoms with Crippen molar-refractivity contribution in [2.75, 3.05) is 30.8 Å². The van der Waals surface area contributed by atoms with E-state index < -0.39 is 34.4 Å². The first-order chi connectivity index (χ1) is 12.6. The molecule has 0 unspecified atom stereocenters. The van der Waals surface area contributed by atoms with Crippen LogP contribution in [0.3, 0.4) is 0 Å². The second kappa shape index (κ2) is 9.18. The lowest BCUT2D eigenvalue weighted by Crippen LogP contribution is -2.41. The quantitative estimate of drug-likeness (QED) is 0.683. The Bertz CT molecular complexity index is 824. The molecule has 1 aromatic rings. The van der Waals surface area contributed by atoms with Crippen LogP contribution in [-0.2, 0) is 24.3 Å². The van der Waals surface area contributed by atoms with E-state index in [2.05, 4.69) is 10.3 Å². The maximum absolute atomic E-state index is 12.1. The average molecular weight is 438 g/mol. The van der Waals surface area contributed by atoms with Crippen LogP contribution in [-0.4, -0.2) is 55.0 Å². The average Bonchev–Trinajstić information content (AvgIpc) is 2.64. The van der Waals surface area contributed by atoms with Crippen LogP contribution < -0.4 is 5.32 Å². The monoisotopic (exact) mass is 437 g/mol. The molecule has 2 heterocycles. The number of nitrogens with one attached hydrogen (secondary N) is 1. The number of piperidine rings is 1. The Morgan fingerprint density at radius 1 is 1.30 bits per heavy atom. The van der Waals surface area contributed by atoms with Crippen molar-refractivity contribution in [3.63, 3.8) is 0 Å². The lowest BCUT2D eigenvalue weighted by molar-refractivity contribution is -0.152. The summed E-state index contributed by atoms with van der Waals surface area (Å²) in [5, 5.41) is 3.02. The summed E-state index contributed by atoms with van der Waals surface area (Å²) in [6.45, 7) is 3.31. The van der Waals surface area contributed by atoms with Gasteiger partial charge in [-0.25, -0.2) is 17.7 Å². The third-order valence-corrected chi connectivity index (χ3v) is 6.81. The molecule has 8 nitrogen and oxygen atoms in total. The Morgan fingerprint density at radius 2 is 1.93 bits per heavy atom. The van der Waals surface area contributed by atoms with Crippen molar-refractivity contribution in [3.05, 3.63) is 21.8 Å². The van der Waals surface area contributed by atoms with Crippen LogP contribution >= 0.6 is 23.2 Å². The van der Waals surface area contributed by atoms with Gasteiger partial charge in [0, 0.05) is 13.1 Å². The predicted molar refractivity (Wildman–Crippen MR) is 102 cm³/mol. The highest BCUT2D eigenvalue weighted by Crippen LogP contribution is 2.25. The number of pyridine rings is 1. The lowest BCUT2D eigenvalue weighted by atomic mass is 9.98. The van der Waals surface area contributed by atoms with Crippen LogP contribution in [0.2, 0.25) is 10.0 Å². The van der Waals surface area contributed by atoms with Crippen LogP contribution in [0.4, 0.5) is 5.82 Å².